The Bertz CT molecular complexity index is 805. The number of furan rings is 1. The van der Waals surface area contributed by atoms with Gasteiger partial charge in [0.1, 0.15) is 17.1 Å². The summed E-state index contributed by atoms with van der Waals surface area (Å²) in [7, 11) is 1.74. The van der Waals surface area contributed by atoms with E-state index in [4.69, 9.17) is 9.15 Å². The first kappa shape index (κ1) is 14.2. The summed E-state index contributed by atoms with van der Waals surface area (Å²) in [6.45, 7) is 3.49. The Hall–Kier alpha value is -2.14. The number of fused-ring (bicyclic) bond motifs is 3. The third kappa shape index (κ3) is 2.11. The van der Waals surface area contributed by atoms with Crippen LogP contribution in [0.4, 0.5) is 0 Å². The Balaban J connectivity index is 1.45. The monoisotopic (exact) mass is 323 g/mol. The van der Waals surface area contributed by atoms with Crippen LogP contribution < -0.4 is 4.74 Å². The second kappa shape index (κ2) is 5.18. The van der Waals surface area contributed by atoms with Crippen molar-refractivity contribution in [1.82, 2.24) is 9.88 Å². The smallest absolute Gasteiger partial charge is 0.217 e. The lowest BCUT2D eigenvalue weighted by atomic mass is 9.73. The molecule has 2 bridgehead atoms. The highest BCUT2D eigenvalue weighted by atomic mass is 16.5. The van der Waals surface area contributed by atoms with Crippen LogP contribution in [0.1, 0.15) is 24.2 Å². The van der Waals surface area contributed by atoms with E-state index in [1.807, 2.05) is 18.3 Å². The number of pyridine rings is 1. The molecule has 5 nitrogen and oxygen atoms in total. The quantitative estimate of drug-likeness (QED) is 0.798. The van der Waals surface area contributed by atoms with Gasteiger partial charge in [0.2, 0.25) is 5.88 Å². The number of piperidine rings is 3. The molecule has 6 heterocycles. The third-order valence-electron chi connectivity index (χ3n) is 5.71. The molecule has 24 heavy (non-hydrogen) atoms. The van der Waals surface area contributed by atoms with Crippen LogP contribution in [-0.4, -0.2) is 48.4 Å². The van der Waals surface area contributed by atoms with Crippen LogP contribution in [0.3, 0.4) is 0 Å². The van der Waals surface area contributed by atoms with Gasteiger partial charge in [0, 0.05) is 43.3 Å². The molecule has 3 saturated heterocycles. The van der Waals surface area contributed by atoms with E-state index in [0.29, 0.717) is 5.92 Å². The Morgan fingerprint density at radius 3 is 2.96 bits per heavy atom. The van der Waals surface area contributed by atoms with Crippen molar-refractivity contribution in [2.24, 2.45) is 10.9 Å². The fourth-order valence-corrected chi connectivity index (χ4v) is 4.55. The number of nitrogens with zero attached hydrogens (tertiary/aromatic N) is 3. The summed E-state index contributed by atoms with van der Waals surface area (Å²) in [5.41, 5.74) is 2.17. The van der Waals surface area contributed by atoms with Crippen LogP contribution in [0.5, 0.6) is 5.88 Å². The van der Waals surface area contributed by atoms with Crippen LogP contribution in [0.2, 0.25) is 0 Å². The Morgan fingerprint density at radius 1 is 1.33 bits per heavy atom. The molecule has 5 heteroatoms. The molecule has 0 saturated carbocycles. The van der Waals surface area contributed by atoms with Crippen molar-refractivity contribution in [2.45, 2.75) is 24.9 Å². The molecular formula is C19H21N3O2. The van der Waals surface area contributed by atoms with Crippen LogP contribution >= 0.6 is 0 Å². The highest BCUT2D eigenvalue weighted by Crippen LogP contribution is 2.46. The second-order valence-corrected chi connectivity index (χ2v) is 7.17. The lowest BCUT2D eigenvalue weighted by molar-refractivity contribution is -0.0814. The minimum atomic E-state index is -0.0480. The van der Waals surface area contributed by atoms with Crippen molar-refractivity contribution in [1.29, 1.82) is 0 Å². The summed E-state index contributed by atoms with van der Waals surface area (Å²) in [5.74, 6) is 3.07. The molecule has 2 aromatic rings. The summed E-state index contributed by atoms with van der Waals surface area (Å²) >= 11 is 0. The van der Waals surface area contributed by atoms with E-state index in [2.05, 4.69) is 20.9 Å². The molecule has 0 unspecified atom stereocenters. The molecule has 0 aliphatic carbocycles. The van der Waals surface area contributed by atoms with E-state index < -0.39 is 0 Å². The average Bonchev–Trinajstić information content (AvgIpc) is 3.19. The summed E-state index contributed by atoms with van der Waals surface area (Å²) in [5, 5.41) is 0. The van der Waals surface area contributed by atoms with Gasteiger partial charge >= 0.3 is 0 Å². The molecule has 6 rings (SSSR count). The molecule has 0 radical (unpaired) electrons. The standard InChI is InChI=1S/C19H21N3O2/c1-20-11-16-2-3-17(23-16)14-8-13-9-19(24-18(13)21-10-14)12-22-6-4-15(19)5-7-22/h2-3,8,10-11,15H,4-7,9,12H2,1H3/b20-11+/t19-/m0/s1. The van der Waals surface area contributed by atoms with E-state index in [-0.39, 0.29) is 5.60 Å². The van der Waals surface area contributed by atoms with Crippen LogP contribution in [0.25, 0.3) is 11.3 Å². The molecule has 0 amide bonds. The number of aliphatic imine (C=N–C) groups is 1. The van der Waals surface area contributed by atoms with Gasteiger partial charge in [-0.15, -0.1) is 0 Å². The van der Waals surface area contributed by atoms with Gasteiger partial charge < -0.3 is 9.15 Å². The minimum absolute atomic E-state index is 0.0480. The zero-order valence-electron chi connectivity index (χ0n) is 13.9. The topological polar surface area (TPSA) is 50.9 Å². The zero-order chi connectivity index (χ0) is 16.1. The second-order valence-electron chi connectivity index (χ2n) is 7.17. The van der Waals surface area contributed by atoms with Gasteiger partial charge in [-0.05, 0) is 44.1 Å². The normalized spacial score (nSPS) is 30.9. The van der Waals surface area contributed by atoms with Crippen molar-refractivity contribution >= 4 is 6.21 Å². The SMILES string of the molecule is C/N=C/c1ccc(-c2cnc3c(c2)C[C@@]2(CN4CCC2CC4)O3)o1. The molecule has 3 fully saturated rings. The lowest BCUT2D eigenvalue weighted by Crippen LogP contribution is -2.61. The highest BCUT2D eigenvalue weighted by molar-refractivity contribution is 5.77. The molecule has 1 atom stereocenters. The number of ether oxygens (including phenoxy) is 1. The first-order valence-corrected chi connectivity index (χ1v) is 8.68. The molecule has 2 aromatic heterocycles. The van der Waals surface area contributed by atoms with Crippen LogP contribution in [0, 0.1) is 5.92 Å². The minimum Gasteiger partial charge on any atom is -0.469 e. The number of aromatic nitrogens is 1. The molecular weight excluding hydrogens is 302 g/mol. The Kier molecular flexibility index (Phi) is 3.07. The fraction of sp³-hybridized carbons (Fsp3) is 0.474. The number of hydrogen-bond donors (Lipinski definition) is 0. The summed E-state index contributed by atoms with van der Waals surface area (Å²) in [6.07, 6.45) is 7.03. The van der Waals surface area contributed by atoms with Gasteiger partial charge in [-0.1, -0.05) is 0 Å². The van der Waals surface area contributed by atoms with E-state index in [9.17, 15) is 0 Å². The maximum Gasteiger partial charge on any atom is 0.217 e. The lowest BCUT2D eigenvalue weighted by Gasteiger charge is -2.50. The molecule has 4 aliphatic rings. The first-order valence-electron chi connectivity index (χ1n) is 8.68. The maximum absolute atomic E-state index is 6.40. The highest BCUT2D eigenvalue weighted by Gasteiger charge is 2.52. The first-order chi connectivity index (χ1) is 11.8. The van der Waals surface area contributed by atoms with E-state index in [1.165, 1.54) is 31.5 Å². The van der Waals surface area contributed by atoms with Gasteiger partial charge in [0.15, 0.2) is 0 Å². The van der Waals surface area contributed by atoms with E-state index in [0.717, 1.165) is 35.9 Å². The van der Waals surface area contributed by atoms with Crippen molar-refractivity contribution in [3.63, 3.8) is 0 Å². The number of hydrogen-bond acceptors (Lipinski definition) is 5. The largest absolute Gasteiger partial charge is 0.469 e. The van der Waals surface area contributed by atoms with Crippen LogP contribution in [-0.2, 0) is 6.42 Å². The van der Waals surface area contributed by atoms with Gasteiger partial charge in [0.25, 0.3) is 0 Å². The molecule has 0 aromatic carbocycles. The van der Waals surface area contributed by atoms with Crippen LogP contribution in [0.15, 0.2) is 33.8 Å². The maximum atomic E-state index is 6.40. The number of rotatable bonds is 2. The van der Waals surface area contributed by atoms with Gasteiger partial charge in [-0.25, -0.2) is 4.98 Å². The molecule has 4 aliphatic heterocycles. The third-order valence-corrected chi connectivity index (χ3v) is 5.71. The van der Waals surface area contributed by atoms with E-state index in [1.54, 1.807) is 13.3 Å². The Morgan fingerprint density at radius 2 is 2.21 bits per heavy atom. The molecule has 124 valence electrons. The summed E-state index contributed by atoms with van der Waals surface area (Å²) in [4.78, 5) is 11.1. The molecule has 1 spiro atoms. The summed E-state index contributed by atoms with van der Waals surface area (Å²) in [6, 6.07) is 6.08. The average molecular weight is 323 g/mol. The zero-order valence-corrected chi connectivity index (χ0v) is 13.9. The van der Waals surface area contributed by atoms with E-state index >= 15 is 0 Å². The van der Waals surface area contributed by atoms with Crippen molar-refractivity contribution in [2.75, 3.05) is 26.7 Å². The fourth-order valence-electron chi connectivity index (χ4n) is 4.55. The Labute approximate surface area is 141 Å². The van der Waals surface area contributed by atoms with Crippen molar-refractivity contribution < 1.29 is 9.15 Å². The predicted octanol–water partition coefficient (Wildman–Crippen LogP) is 2.79. The molecule has 0 N–H and O–H groups in total. The predicted molar refractivity (Wildman–Crippen MR) is 91.7 cm³/mol. The van der Waals surface area contributed by atoms with Crippen molar-refractivity contribution in [3.05, 3.63) is 35.7 Å². The van der Waals surface area contributed by atoms with Gasteiger partial charge in [-0.3, -0.25) is 9.89 Å². The van der Waals surface area contributed by atoms with Gasteiger partial charge in [0.05, 0.1) is 6.21 Å². The van der Waals surface area contributed by atoms with Gasteiger partial charge in [-0.2, -0.15) is 0 Å². The summed E-state index contributed by atoms with van der Waals surface area (Å²) < 4.78 is 12.2. The van der Waals surface area contributed by atoms with Crippen molar-refractivity contribution in [3.8, 4) is 17.2 Å².